The Labute approximate surface area is 102 Å². The number of piperidine rings is 1. The van der Waals surface area contributed by atoms with Gasteiger partial charge in [-0.25, -0.2) is 0 Å². The van der Waals surface area contributed by atoms with Gasteiger partial charge in [0, 0.05) is 19.6 Å². The van der Waals surface area contributed by atoms with Gasteiger partial charge in [-0.3, -0.25) is 9.59 Å². The van der Waals surface area contributed by atoms with Crippen molar-refractivity contribution in [2.45, 2.75) is 31.7 Å². The second-order valence-corrected chi connectivity index (χ2v) is 5.08. The van der Waals surface area contributed by atoms with Gasteiger partial charge in [0.15, 0.2) is 0 Å². The number of likely N-dealkylation sites (N-methyl/N-ethyl adjacent to an activating group) is 1. The summed E-state index contributed by atoms with van der Waals surface area (Å²) in [6.45, 7) is 1.93. The summed E-state index contributed by atoms with van der Waals surface area (Å²) in [7, 11) is 1.71. The first-order valence-electron chi connectivity index (χ1n) is 6.42. The minimum atomic E-state index is -0.0351. The predicted octanol–water partition coefficient (Wildman–Crippen LogP) is -0.277. The number of carbonyl (C=O) groups excluding carboxylic acids is 2. The highest BCUT2D eigenvalue weighted by molar-refractivity contribution is 5.86. The fraction of sp³-hybridized carbons (Fsp3) is 0.833. The van der Waals surface area contributed by atoms with E-state index in [2.05, 4.69) is 10.6 Å². The Hall–Kier alpha value is -1.10. The molecule has 0 radical (unpaired) electrons. The van der Waals surface area contributed by atoms with Crippen molar-refractivity contribution < 1.29 is 9.59 Å². The van der Waals surface area contributed by atoms with Crippen LogP contribution in [0.5, 0.6) is 0 Å². The van der Waals surface area contributed by atoms with Crippen molar-refractivity contribution in [3.63, 3.8) is 0 Å². The number of nitrogens with one attached hydrogen (secondary N) is 2. The number of nitrogens with zero attached hydrogens (tertiary/aromatic N) is 1. The normalized spacial score (nSPS) is 24.2. The van der Waals surface area contributed by atoms with E-state index in [0.29, 0.717) is 6.04 Å². The number of carbonyl (C=O) groups is 2. The lowest BCUT2D eigenvalue weighted by molar-refractivity contribution is -0.138. The van der Waals surface area contributed by atoms with Crippen molar-refractivity contribution in [1.29, 1.82) is 0 Å². The third-order valence-corrected chi connectivity index (χ3v) is 3.35. The second kappa shape index (κ2) is 5.49. The quantitative estimate of drug-likeness (QED) is 0.709. The van der Waals surface area contributed by atoms with Gasteiger partial charge in [0.2, 0.25) is 11.8 Å². The van der Waals surface area contributed by atoms with Crippen molar-refractivity contribution in [3.05, 3.63) is 0 Å². The van der Waals surface area contributed by atoms with Gasteiger partial charge in [-0.15, -0.1) is 0 Å². The number of amides is 2. The molecule has 0 aromatic rings. The standard InChI is InChI=1S/C12H21N3O2/c1-15(8-11(16)14-10-4-5-10)12(17)9-3-2-6-13-7-9/h9-10,13H,2-8H2,1H3,(H,14,16)/t9-/m1/s1. The summed E-state index contributed by atoms with van der Waals surface area (Å²) in [6.07, 6.45) is 4.13. The van der Waals surface area contributed by atoms with E-state index in [0.717, 1.165) is 38.8 Å². The highest BCUT2D eigenvalue weighted by atomic mass is 16.2. The SMILES string of the molecule is CN(CC(=O)NC1CC1)C(=O)[C@@H]1CCCNC1. The number of hydrogen-bond donors (Lipinski definition) is 2. The van der Waals surface area contributed by atoms with Crippen molar-refractivity contribution in [1.82, 2.24) is 15.5 Å². The fourth-order valence-electron chi connectivity index (χ4n) is 2.17. The Balaban J connectivity index is 1.74. The van der Waals surface area contributed by atoms with Gasteiger partial charge < -0.3 is 15.5 Å². The molecule has 1 heterocycles. The molecule has 1 saturated heterocycles. The Morgan fingerprint density at radius 2 is 2.12 bits per heavy atom. The van der Waals surface area contributed by atoms with Gasteiger partial charge in [0.25, 0.3) is 0 Å². The minimum Gasteiger partial charge on any atom is -0.352 e. The van der Waals surface area contributed by atoms with Crippen LogP contribution in [0, 0.1) is 5.92 Å². The Kier molecular flexibility index (Phi) is 3.99. The molecule has 2 rings (SSSR count). The summed E-state index contributed by atoms with van der Waals surface area (Å²) in [4.78, 5) is 25.2. The molecule has 0 bridgehead atoms. The third-order valence-electron chi connectivity index (χ3n) is 3.35. The molecule has 0 unspecified atom stereocenters. The van der Waals surface area contributed by atoms with Crippen LogP contribution in [0.1, 0.15) is 25.7 Å². The molecular formula is C12H21N3O2. The lowest BCUT2D eigenvalue weighted by atomic mass is 9.98. The van der Waals surface area contributed by atoms with Gasteiger partial charge in [-0.05, 0) is 32.2 Å². The van der Waals surface area contributed by atoms with Crippen molar-refractivity contribution in [3.8, 4) is 0 Å². The molecule has 2 N–H and O–H groups in total. The van der Waals surface area contributed by atoms with Gasteiger partial charge in [-0.2, -0.15) is 0 Å². The van der Waals surface area contributed by atoms with Crippen LogP contribution in [-0.4, -0.2) is 49.4 Å². The summed E-state index contributed by atoms with van der Waals surface area (Å²) in [6, 6.07) is 0.363. The molecule has 2 amide bonds. The maximum atomic E-state index is 12.0. The van der Waals surface area contributed by atoms with Gasteiger partial charge in [0.05, 0.1) is 12.5 Å². The van der Waals surface area contributed by atoms with Crippen LogP contribution in [0.3, 0.4) is 0 Å². The van der Waals surface area contributed by atoms with E-state index >= 15 is 0 Å². The molecule has 17 heavy (non-hydrogen) atoms. The maximum Gasteiger partial charge on any atom is 0.239 e. The third kappa shape index (κ3) is 3.70. The highest BCUT2D eigenvalue weighted by Crippen LogP contribution is 2.18. The molecule has 1 aliphatic carbocycles. The summed E-state index contributed by atoms with van der Waals surface area (Å²) >= 11 is 0. The first-order valence-corrected chi connectivity index (χ1v) is 6.42. The molecule has 1 atom stereocenters. The zero-order chi connectivity index (χ0) is 12.3. The molecule has 2 aliphatic rings. The Morgan fingerprint density at radius 3 is 2.71 bits per heavy atom. The topological polar surface area (TPSA) is 61.4 Å². The van der Waals surface area contributed by atoms with E-state index in [9.17, 15) is 9.59 Å². The Bertz CT molecular complexity index is 296. The smallest absolute Gasteiger partial charge is 0.239 e. The monoisotopic (exact) mass is 239 g/mol. The molecule has 5 heteroatoms. The molecule has 1 aliphatic heterocycles. The van der Waals surface area contributed by atoms with Crippen LogP contribution in [0.25, 0.3) is 0 Å². The Morgan fingerprint density at radius 1 is 1.35 bits per heavy atom. The molecular weight excluding hydrogens is 218 g/mol. The molecule has 1 saturated carbocycles. The van der Waals surface area contributed by atoms with Gasteiger partial charge >= 0.3 is 0 Å². The zero-order valence-electron chi connectivity index (χ0n) is 10.4. The maximum absolute atomic E-state index is 12.0. The minimum absolute atomic E-state index is 0.0351. The predicted molar refractivity (Wildman–Crippen MR) is 64.4 cm³/mol. The van der Waals surface area contributed by atoms with E-state index in [1.807, 2.05) is 0 Å². The number of rotatable bonds is 4. The van der Waals surface area contributed by atoms with Crippen molar-refractivity contribution >= 4 is 11.8 Å². The van der Waals surface area contributed by atoms with Crippen LogP contribution in [-0.2, 0) is 9.59 Å². The first-order chi connectivity index (χ1) is 8.16. The van der Waals surface area contributed by atoms with Crippen LogP contribution in [0.4, 0.5) is 0 Å². The molecule has 5 nitrogen and oxygen atoms in total. The van der Waals surface area contributed by atoms with E-state index in [1.54, 1.807) is 11.9 Å². The van der Waals surface area contributed by atoms with Crippen LogP contribution < -0.4 is 10.6 Å². The summed E-state index contributed by atoms with van der Waals surface area (Å²) in [5.41, 5.74) is 0. The van der Waals surface area contributed by atoms with Crippen LogP contribution in [0.15, 0.2) is 0 Å². The van der Waals surface area contributed by atoms with Gasteiger partial charge in [0.1, 0.15) is 0 Å². The summed E-state index contributed by atoms with van der Waals surface area (Å²) in [5, 5.41) is 6.11. The van der Waals surface area contributed by atoms with E-state index < -0.39 is 0 Å². The van der Waals surface area contributed by atoms with E-state index in [-0.39, 0.29) is 24.3 Å². The average Bonchev–Trinajstić information content (AvgIpc) is 3.12. The van der Waals surface area contributed by atoms with Crippen molar-refractivity contribution in [2.24, 2.45) is 5.92 Å². The zero-order valence-corrected chi connectivity index (χ0v) is 10.4. The lowest BCUT2D eigenvalue weighted by Gasteiger charge is -2.26. The van der Waals surface area contributed by atoms with E-state index in [1.165, 1.54) is 0 Å². The molecule has 2 fully saturated rings. The molecule has 96 valence electrons. The van der Waals surface area contributed by atoms with Crippen LogP contribution >= 0.6 is 0 Å². The molecule has 0 aromatic heterocycles. The highest BCUT2D eigenvalue weighted by Gasteiger charge is 2.27. The van der Waals surface area contributed by atoms with Gasteiger partial charge in [-0.1, -0.05) is 0 Å². The average molecular weight is 239 g/mol. The van der Waals surface area contributed by atoms with Crippen LogP contribution in [0.2, 0.25) is 0 Å². The molecule has 0 aromatic carbocycles. The lowest BCUT2D eigenvalue weighted by Crippen LogP contribution is -2.45. The second-order valence-electron chi connectivity index (χ2n) is 5.08. The van der Waals surface area contributed by atoms with Crippen molar-refractivity contribution in [2.75, 3.05) is 26.7 Å². The summed E-state index contributed by atoms with van der Waals surface area (Å²) < 4.78 is 0. The fourth-order valence-corrected chi connectivity index (χ4v) is 2.17. The summed E-state index contributed by atoms with van der Waals surface area (Å²) in [5.74, 6) is 0.0951. The molecule has 0 spiro atoms. The van der Waals surface area contributed by atoms with E-state index in [4.69, 9.17) is 0 Å². The first kappa shape index (κ1) is 12.4. The largest absolute Gasteiger partial charge is 0.352 e. The number of hydrogen-bond acceptors (Lipinski definition) is 3.